The molecule has 112 valence electrons. The van der Waals surface area contributed by atoms with Gasteiger partial charge in [-0.15, -0.1) is 0 Å². The number of rotatable bonds is 2. The summed E-state index contributed by atoms with van der Waals surface area (Å²) in [5.74, 6) is -0.0739. The Balaban J connectivity index is 1.86. The number of carbonyl (C=O) groups excluding carboxylic acids is 1. The monoisotopic (exact) mass is 318 g/mol. The summed E-state index contributed by atoms with van der Waals surface area (Å²) in [6, 6.07) is 22.5. The maximum atomic E-state index is 13.0. The van der Waals surface area contributed by atoms with Gasteiger partial charge in [-0.05, 0) is 12.1 Å². The molecule has 1 aliphatic heterocycles. The van der Waals surface area contributed by atoms with Gasteiger partial charge in [-0.3, -0.25) is 4.79 Å². The molecule has 0 radical (unpaired) electrons. The summed E-state index contributed by atoms with van der Waals surface area (Å²) in [6.07, 6.45) is 0.715. The molecule has 1 aliphatic rings. The maximum Gasteiger partial charge on any atom is 0.198 e. The second kappa shape index (κ2) is 5.69. The van der Waals surface area contributed by atoms with Crippen LogP contribution in [0.5, 0.6) is 0 Å². The van der Waals surface area contributed by atoms with Crippen LogP contribution in [0, 0.1) is 0 Å². The van der Waals surface area contributed by atoms with Crippen molar-refractivity contribution in [3.05, 3.63) is 95.1 Å². The molecule has 3 aromatic carbocycles. The Morgan fingerprint density at radius 2 is 1.52 bits per heavy atom. The number of hydrogen-bond acceptors (Lipinski definition) is 2. The standard InChI is InChI=1S/C20H14O2S/c21-19(14-7-2-1-3-8-14)17-11-6-10-16-13-15-9-4-5-12-18(15)23(22)20(16)17/h1-12H,13H2. The summed E-state index contributed by atoms with van der Waals surface area (Å²) in [7, 11) is 0. The van der Waals surface area contributed by atoms with Crippen LogP contribution in [0.25, 0.3) is 0 Å². The minimum atomic E-state index is -1.32. The lowest BCUT2D eigenvalue weighted by molar-refractivity contribution is 0.103. The van der Waals surface area contributed by atoms with Gasteiger partial charge in [-0.1, -0.05) is 60.7 Å². The largest absolute Gasteiger partial charge is 0.606 e. The first-order valence-electron chi connectivity index (χ1n) is 7.47. The number of hydrogen-bond donors (Lipinski definition) is 0. The molecule has 0 spiro atoms. The molecule has 0 saturated heterocycles. The van der Waals surface area contributed by atoms with E-state index in [0.717, 1.165) is 16.0 Å². The van der Waals surface area contributed by atoms with E-state index in [4.69, 9.17) is 0 Å². The molecular formula is C20H14O2S. The Morgan fingerprint density at radius 3 is 2.35 bits per heavy atom. The molecule has 3 heteroatoms. The number of carbonyl (C=O) groups is 1. The maximum absolute atomic E-state index is 13.0. The number of fused-ring (bicyclic) bond motifs is 2. The van der Waals surface area contributed by atoms with Gasteiger partial charge in [-0.25, -0.2) is 0 Å². The molecule has 4 rings (SSSR count). The highest BCUT2D eigenvalue weighted by atomic mass is 32.2. The van der Waals surface area contributed by atoms with E-state index in [-0.39, 0.29) is 5.78 Å². The van der Waals surface area contributed by atoms with Crippen LogP contribution < -0.4 is 0 Å². The minimum absolute atomic E-state index is 0.0739. The fraction of sp³-hybridized carbons (Fsp3) is 0.0500. The van der Waals surface area contributed by atoms with Crippen molar-refractivity contribution in [3.8, 4) is 0 Å². The normalized spacial score (nSPS) is 15.6. The minimum Gasteiger partial charge on any atom is -0.606 e. The summed E-state index contributed by atoms with van der Waals surface area (Å²) in [5, 5.41) is 0. The summed E-state index contributed by atoms with van der Waals surface area (Å²) >= 11 is -1.32. The van der Waals surface area contributed by atoms with E-state index in [9.17, 15) is 9.35 Å². The molecule has 0 N–H and O–H groups in total. The molecule has 1 unspecified atom stereocenters. The van der Waals surface area contributed by atoms with E-state index in [2.05, 4.69) is 0 Å². The topological polar surface area (TPSA) is 40.1 Å². The second-order valence-electron chi connectivity index (χ2n) is 5.54. The van der Waals surface area contributed by atoms with E-state index in [1.54, 1.807) is 18.2 Å². The van der Waals surface area contributed by atoms with Crippen LogP contribution in [0.2, 0.25) is 0 Å². The zero-order valence-corrected chi connectivity index (χ0v) is 13.2. The van der Waals surface area contributed by atoms with Gasteiger partial charge in [0.05, 0.1) is 5.56 Å². The van der Waals surface area contributed by atoms with Gasteiger partial charge < -0.3 is 4.55 Å². The van der Waals surface area contributed by atoms with Crippen LogP contribution in [-0.4, -0.2) is 10.3 Å². The molecule has 2 nitrogen and oxygen atoms in total. The highest BCUT2D eigenvalue weighted by molar-refractivity contribution is 7.91. The van der Waals surface area contributed by atoms with Gasteiger partial charge in [0, 0.05) is 34.3 Å². The highest BCUT2D eigenvalue weighted by Gasteiger charge is 2.32. The molecule has 0 amide bonds. The SMILES string of the molecule is O=C(c1ccccc1)c1cccc2c1[S+]([O-])c1ccccc1C2. The average Bonchev–Trinajstić information content (AvgIpc) is 2.61. The van der Waals surface area contributed by atoms with Crippen molar-refractivity contribution in [1.82, 2.24) is 0 Å². The summed E-state index contributed by atoms with van der Waals surface area (Å²) < 4.78 is 13.0. The fourth-order valence-electron chi connectivity index (χ4n) is 3.01. The molecule has 3 aromatic rings. The highest BCUT2D eigenvalue weighted by Crippen LogP contribution is 2.36. The summed E-state index contributed by atoms with van der Waals surface area (Å²) in [5.41, 5.74) is 3.21. The molecule has 0 aromatic heterocycles. The van der Waals surface area contributed by atoms with E-state index >= 15 is 0 Å². The van der Waals surface area contributed by atoms with E-state index in [0.29, 0.717) is 22.4 Å². The smallest absolute Gasteiger partial charge is 0.198 e. The summed E-state index contributed by atoms with van der Waals surface area (Å²) in [6.45, 7) is 0. The molecule has 0 bridgehead atoms. The average molecular weight is 318 g/mol. The molecule has 1 atom stereocenters. The molecular weight excluding hydrogens is 304 g/mol. The first-order chi connectivity index (χ1) is 11.3. The fourth-order valence-corrected chi connectivity index (χ4v) is 4.55. The van der Waals surface area contributed by atoms with Gasteiger partial charge in [0.15, 0.2) is 15.6 Å². The lowest BCUT2D eigenvalue weighted by atomic mass is 9.97. The number of benzene rings is 3. The van der Waals surface area contributed by atoms with Crippen LogP contribution in [0.4, 0.5) is 0 Å². The van der Waals surface area contributed by atoms with Crippen molar-refractivity contribution in [2.75, 3.05) is 0 Å². The zero-order chi connectivity index (χ0) is 15.8. The van der Waals surface area contributed by atoms with Gasteiger partial charge in [0.1, 0.15) is 0 Å². The van der Waals surface area contributed by atoms with Gasteiger partial charge in [0.25, 0.3) is 0 Å². The third-order valence-electron chi connectivity index (χ3n) is 4.12. The van der Waals surface area contributed by atoms with Crippen molar-refractivity contribution in [1.29, 1.82) is 0 Å². The first kappa shape index (κ1) is 14.2. The van der Waals surface area contributed by atoms with Gasteiger partial charge in [0.2, 0.25) is 0 Å². The predicted octanol–water partition coefficient (Wildman–Crippen LogP) is 3.99. The van der Waals surface area contributed by atoms with Crippen LogP contribution in [0.3, 0.4) is 0 Å². The third-order valence-corrected chi connectivity index (χ3v) is 5.77. The second-order valence-corrected chi connectivity index (χ2v) is 6.93. The molecule has 1 heterocycles. The molecule has 0 saturated carbocycles. The van der Waals surface area contributed by atoms with E-state index in [1.165, 1.54) is 0 Å². The Bertz CT molecular complexity index is 887. The Morgan fingerprint density at radius 1 is 0.826 bits per heavy atom. The van der Waals surface area contributed by atoms with Crippen LogP contribution >= 0.6 is 0 Å². The third kappa shape index (κ3) is 2.38. The van der Waals surface area contributed by atoms with Crippen molar-refractivity contribution in [2.45, 2.75) is 16.2 Å². The van der Waals surface area contributed by atoms with Crippen LogP contribution in [-0.2, 0) is 17.6 Å². The van der Waals surface area contributed by atoms with Crippen molar-refractivity contribution in [3.63, 3.8) is 0 Å². The van der Waals surface area contributed by atoms with E-state index in [1.807, 2.05) is 54.6 Å². The van der Waals surface area contributed by atoms with Crippen molar-refractivity contribution >= 4 is 17.0 Å². The molecule has 0 fully saturated rings. The summed E-state index contributed by atoms with van der Waals surface area (Å²) in [4.78, 5) is 14.3. The predicted molar refractivity (Wildman–Crippen MR) is 90.2 cm³/mol. The van der Waals surface area contributed by atoms with Crippen LogP contribution in [0.15, 0.2) is 82.6 Å². The van der Waals surface area contributed by atoms with Crippen LogP contribution in [0.1, 0.15) is 27.0 Å². The van der Waals surface area contributed by atoms with Crippen molar-refractivity contribution < 1.29 is 9.35 Å². The van der Waals surface area contributed by atoms with Crippen molar-refractivity contribution in [2.24, 2.45) is 0 Å². The molecule has 23 heavy (non-hydrogen) atoms. The number of ketones is 1. The lowest BCUT2D eigenvalue weighted by Crippen LogP contribution is -2.19. The Labute approximate surface area is 138 Å². The lowest BCUT2D eigenvalue weighted by Gasteiger charge is -2.23. The zero-order valence-electron chi connectivity index (χ0n) is 12.4. The van der Waals surface area contributed by atoms with E-state index < -0.39 is 11.2 Å². The van der Waals surface area contributed by atoms with Gasteiger partial charge in [-0.2, -0.15) is 0 Å². The Hall–Kier alpha value is -2.36. The first-order valence-corrected chi connectivity index (χ1v) is 8.62. The molecule has 0 aliphatic carbocycles. The van der Waals surface area contributed by atoms with Gasteiger partial charge >= 0.3 is 0 Å². The Kier molecular flexibility index (Phi) is 3.52. The quantitative estimate of drug-likeness (QED) is 0.529.